The minimum atomic E-state index is -3.90. The van der Waals surface area contributed by atoms with Gasteiger partial charge in [-0.1, -0.05) is 26.8 Å². The quantitative estimate of drug-likeness (QED) is 0.192. The van der Waals surface area contributed by atoms with Crippen LogP contribution in [-0.4, -0.2) is 104 Å². The Morgan fingerprint density at radius 2 is 1.86 bits per heavy atom. The Hall–Kier alpha value is -5.13. The normalized spacial score (nSPS) is 23.8. The van der Waals surface area contributed by atoms with Crippen molar-refractivity contribution < 1.29 is 32.3 Å². The van der Waals surface area contributed by atoms with Gasteiger partial charge in [-0.25, -0.2) is 8.42 Å². The molecule has 2 aromatic heterocycles. The number of benzene rings is 1. The largest absolute Gasteiger partial charge is 0.497 e. The molecule has 1 saturated heterocycles. The van der Waals surface area contributed by atoms with Gasteiger partial charge in [-0.3, -0.25) is 29.0 Å². The van der Waals surface area contributed by atoms with E-state index in [9.17, 15) is 27.6 Å². The van der Waals surface area contributed by atoms with Crippen LogP contribution in [0.15, 0.2) is 49.2 Å². The molecule has 50 heavy (non-hydrogen) atoms. The zero-order valence-electron chi connectivity index (χ0n) is 28.1. The van der Waals surface area contributed by atoms with Gasteiger partial charge in [0.15, 0.2) is 0 Å². The number of aromatic nitrogens is 6. The molecule has 3 aliphatic rings. The number of nitrogens with zero attached hydrogens (tertiary/aromatic N) is 6. The highest BCUT2D eigenvalue weighted by atomic mass is 32.2. The van der Waals surface area contributed by atoms with Gasteiger partial charge in [0.25, 0.3) is 11.8 Å². The summed E-state index contributed by atoms with van der Waals surface area (Å²) in [7, 11) is -2.34. The van der Waals surface area contributed by atoms with Crippen LogP contribution in [0.4, 0.5) is 0 Å². The number of aromatic amines is 1. The van der Waals surface area contributed by atoms with Crippen molar-refractivity contribution in [1.29, 1.82) is 0 Å². The van der Waals surface area contributed by atoms with Crippen molar-refractivity contribution in [2.45, 2.75) is 75.4 Å². The maximum atomic E-state index is 14.4. The van der Waals surface area contributed by atoms with E-state index in [2.05, 4.69) is 47.5 Å². The van der Waals surface area contributed by atoms with Crippen LogP contribution in [0.5, 0.6) is 5.75 Å². The van der Waals surface area contributed by atoms with Crippen LogP contribution in [0.2, 0.25) is 0 Å². The minimum absolute atomic E-state index is 0.0258. The van der Waals surface area contributed by atoms with Crippen LogP contribution in [-0.2, 0) is 24.4 Å². The smallest absolute Gasteiger partial charge is 0.269 e. The Morgan fingerprint density at radius 1 is 1.14 bits per heavy atom. The fourth-order valence-corrected chi connectivity index (χ4v) is 7.50. The third-order valence-electron chi connectivity index (χ3n) is 9.35. The molecular formula is C32H40N10O7S. The molecule has 0 spiro atoms. The highest BCUT2D eigenvalue weighted by Crippen LogP contribution is 2.45. The second kappa shape index (κ2) is 13.0. The zero-order valence-corrected chi connectivity index (χ0v) is 28.9. The number of H-pyrrole nitrogens is 1. The van der Waals surface area contributed by atoms with Crippen LogP contribution in [0.3, 0.4) is 0 Å². The maximum Gasteiger partial charge on any atom is 0.269 e. The fourth-order valence-electron chi connectivity index (χ4n) is 6.13. The summed E-state index contributed by atoms with van der Waals surface area (Å²) >= 11 is 0. The van der Waals surface area contributed by atoms with Crippen LogP contribution >= 0.6 is 0 Å². The molecule has 3 aromatic rings. The highest BCUT2D eigenvalue weighted by Gasteiger charge is 2.62. The molecule has 1 aliphatic heterocycles. The average Bonchev–Trinajstić information content (AvgIpc) is 3.82. The lowest BCUT2D eigenvalue weighted by atomic mass is 9.85. The number of amides is 4. The van der Waals surface area contributed by atoms with Crippen molar-refractivity contribution in [3.05, 3.63) is 54.9 Å². The average molecular weight is 709 g/mol. The monoisotopic (exact) mass is 708 g/mol. The van der Waals surface area contributed by atoms with Crippen LogP contribution in [0.25, 0.3) is 11.4 Å². The molecule has 5 atom stereocenters. The number of nitrogens with one attached hydrogen (secondary N) is 4. The number of rotatable bonds is 12. The molecule has 18 heteroatoms. The predicted molar refractivity (Wildman–Crippen MR) is 178 cm³/mol. The second-order valence-corrected chi connectivity index (χ2v) is 15.9. The summed E-state index contributed by atoms with van der Waals surface area (Å²) in [5, 5.41) is 24.3. The fraction of sp³-hybridized carbons (Fsp3) is 0.500. The number of ether oxygens (including phenoxy) is 1. The Labute approximate surface area is 288 Å². The number of tetrazole rings is 1. The molecule has 17 nitrogen and oxygen atoms in total. The first kappa shape index (κ1) is 34.7. The van der Waals surface area contributed by atoms with E-state index in [0.29, 0.717) is 30.0 Å². The number of carbonyl (C=O) groups is 4. The molecule has 4 amide bonds. The number of methoxy groups -OCH3 is 1. The summed E-state index contributed by atoms with van der Waals surface area (Å²) in [6.45, 7) is 9.07. The van der Waals surface area contributed by atoms with Crippen LogP contribution in [0, 0.1) is 11.3 Å². The third kappa shape index (κ3) is 6.83. The molecule has 1 aromatic carbocycles. The number of carbonyl (C=O) groups excluding carboxylic acids is 4. The molecule has 2 aliphatic carbocycles. The van der Waals surface area contributed by atoms with Gasteiger partial charge in [0.1, 0.15) is 29.1 Å². The molecule has 3 heterocycles. The number of likely N-dealkylation sites (tertiary alicyclic amines) is 1. The van der Waals surface area contributed by atoms with E-state index in [1.165, 1.54) is 28.0 Å². The topological polar surface area (TPSA) is 223 Å². The van der Waals surface area contributed by atoms with Gasteiger partial charge in [-0.05, 0) is 60.2 Å². The summed E-state index contributed by atoms with van der Waals surface area (Å²) in [5.41, 5.74) is -1.54. The Morgan fingerprint density at radius 3 is 2.44 bits per heavy atom. The van der Waals surface area contributed by atoms with Gasteiger partial charge in [-0.15, -0.1) is 16.8 Å². The molecular weight excluding hydrogens is 668 g/mol. The molecule has 266 valence electrons. The number of hydrogen-bond acceptors (Lipinski definition) is 11. The molecule has 4 N–H and O–H groups in total. The highest BCUT2D eigenvalue weighted by molar-refractivity contribution is 7.91. The Bertz CT molecular complexity index is 1900. The number of hydrogen-bond donors (Lipinski definition) is 4. The summed E-state index contributed by atoms with van der Waals surface area (Å²) in [6, 6.07) is 5.68. The van der Waals surface area contributed by atoms with Crippen molar-refractivity contribution in [3.63, 3.8) is 0 Å². The van der Waals surface area contributed by atoms with Gasteiger partial charge in [0, 0.05) is 30.6 Å². The molecule has 0 bridgehead atoms. The molecule has 0 radical (unpaired) electrons. The lowest BCUT2D eigenvalue weighted by Crippen LogP contribution is -2.60. The van der Waals surface area contributed by atoms with Gasteiger partial charge < -0.3 is 20.3 Å². The van der Waals surface area contributed by atoms with E-state index in [1.54, 1.807) is 52.1 Å². The van der Waals surface area contributed by atoms with Gasteiger partial charge in [0.05, 0.1) is 18.4 Å². The predicted octanol–water partition coefficient (Wildman–Crippen LogP) is 0.728. The third-order valence-corrected chi connectivity index (χ3v) is 11.2. The molecule has 2 saturated carbocycles. The van der Waals surface area contributed by atoms with Gasteiger partial charge >= 0.3 is 0 Å². The summed E-state index contributed by atoms with van der Waals surface area (Å²) < 4.78 is 32.7. The van der Waals surface area contributed by atoms with Crippen LogP contribution in [0.1, 0.15) is 63.0 Å². The Balaban J connectivity index is 1.29. The van der Waals surface area contributed by atoms with Crippen molar-refractivity contribution in [1.82, 2.24) is 50.7 Å². The van der Waals surface area contributed by atoms with Gasteiger partial charge in [0.2, 0.25) is 27.7 Å². The van der Waals surface area contributed by atoms with Crippen molar-refractivity contribution in [2.75, 3.05) is 13.7 Å². The Kier molecular flexibility index (Phi) is 9.00. The van der Waals surface area contributed by atoms with Crippen molar-refractivity contribution in [3.8, 4) is 17.1 Å². The van der Waals surface area contributed by atoms with Gasteiger partial charge in [-0.2, -0.15) is 9.90 Å². The van der Waals surface area contributed by atoms with E-state index >= 15 is 0 Å². The SMILES string of the molecule is C=C[C@@H]1C[C@]1(NC(=O)[C@@H]1C[C@@H](n2nnc(-c3ccc(OC)cc3)n2)CN1C(=O)[C@@H](NC(=O)c1ccn[nH]1)C(C)(C)C)C(=O)NS(=O)(=O)C1CC1. The first-order chi connectivity index (χ1) is 23.7. The van der Waals surface area contributed by atoms with E-state index < -0.39 is 73.9 Å². The molecule has 3 fully saturated rings. The van der Waals surface area contributed by atoms with E-state index in [0.717, 1.165) is 0 Å². The summed E-state index contributed by atoms with van der Waals surface area (Å²) in [5.74, 6) is -2.19. The first-order valence-electron chi connectivity index (χ1n) is 16.2. The molecule has 0 unspecified atom stereocenters. The van der Waals surface area contributed by atoms with E-state index in [-0.39, 0.29) is 25.1 Å². The van der Waals surface area contributed by atoms with E-state index in [4.69, 9.17) is 4.74 Å². The summed E-state index contributed by atoms with van der Waals surface area (Å²) in [6.07, 6.45) is 3.99. The lowest BCUT2D eigenvalue weighted by Gasteiger charge is -2.35. The minimum Gasteiger partial charge on any atom is -0.497 e. The maximum absolute atomic E-state index is 14.4. The van der Waals surface area contributed by atoms with Crippen LogP contribution < -0.4 is 20.1 Å². The number of sulfonamides is 1. The second-order valence-electron chi connectivity index (χ2n) is 14.0. The van der Waals surface area contributed by atoms with Crippen molar-refractivity contribution >= 4 is 33.7 Å². The van der Waals surface area contributed by atoms with E-state index in [1.807, 2.05) is 0 Å². The lowest BCUT2D eigenvalue weighted by molar-refractivity contribution is -0.142. The first-order valence-corrected chi connectivity index (χ1v) is 17.8. The molecule has 6 rings (SSSR count). The summed E-state index contributed by atoms with van der Waals surface area (Å²) in [4.78, 5) is 57.8. The zero-order chi connectivity index (χ0) is 36.0. The van der Waals surface area contributed by atoms with Crippen molar-refractivity contribution in [2.24, 2.45) is 11.3 Å². The standard InChI is InChI=1S/C32H40N10O7S/c1-6-19-16-32(19,30(46)39-50(47,48)22-11-12-22)35-28(44)24-15-20(42-38-26(37-40-42)18-7-9-21(49-5)10-8-18)17-41(24)29(45)25(31(2,3)4)34-27(43)23-13-14-33-36-23/h6-10,13-14,19-20,22,24-25H,1,11-12,15-17H2,2-5H3,(H,33,36)(H,34,43)(H,35,44)(H,39,46)/t19-,20-,24+,25-,32-/m1/s1.